The zero-order chi connectivity index (χ0) is 13.5. The van der Waals surface area contributed by atoms with Crippen LogP contribution in [-0.4, -0.2) is 32.1 Å². The molecule has 1 N–H and O–H groups in total. The molecule has 0 radical (unpaired) electrons. The zero-order valence-corrected chi connectivity index (χ0v) is 12.5. The maximum atomic E-state index is 3.19. The van der Waals surface area contributed by atoms with E-state index in [1.54, 1.807) is 5.56 Å². The highest BCUT2D eigenvalue weighted by Gasteiger charge is 2.15. The quantitative estimate of drug-likeness (QED) is 0.843. The Morgan fingerprint density at radius 2 is 1.79 bits per heavy atom. The Morgan fingerprint density at radius 1 is 1.11 bits per heavy atom. The third-order valence-electron chi connectivity index (χ3n) is 4.25. The lowest BCUT2D eigenvalue weighted by atomic mass is 9.84. The molecule has 0 unspecified atom stereocenters. The number of hydrogen-bond acceptors (Lipinski definition) is 2. The normalized spacial score (nSPS) is 17.0. The third kappa shape index (κ3) is 4.63. The largest absolute Gasteiger partial charge is 0.318 e. The summed E-state index contributed by atoms with van der Waals surface area (Å²) in [5.41, 5.74) is 2.99. The molecule has 0 saturated heterocycles. The number of benzene rings is 1. The molecule has 0 amide bonds. The van der Waals surface area contributed by atoms with Crippen LogP contribution in [0.3, 0.4) is 0 Å². The standard InChI is InChI=1S/C17H28N2/c1-18-12-13-19(2)14-15-8-10-17(11-9-15)16-6-4-3-5-7-16/h8-11,16,18H,3-7,12-14H2,1-2H3. The fourth-order valence-corrected chi connectivity index (χ4v) is 3.02. The number of nitrogens with one attached hydrogen (secondary N) is 1. The topological polar surface area (TPSA) is 15.3 Å². The fourth-order valence-electron chi connectivity index (χ4n) is 3.02. The van der Waals surface area contributed by atoms with Crippen LogP contribution in [0.5, 0.6) is 0 Å². The van der Waals surface area contributed by atoms with Crippen LogP contribution in [0, 0.1) is 0 Å². The van der Waals surface area contributed by atoms with Gasteiger partial charge in [0.1, 0.15) is 0 Å². The van der Waals surface area contributed by atoms with Gasteiger partial charge in [-0.1, -0.05) is 43.5 Å². The van der Waals surface area contributed by atoms with Gasteiger partial charge in [0.15, 0.2) is 0 Å². The van der Waals surface area contributed by atoms with Gasteiger partial charge in [-0.05, 0) is 44.0 Å². The summed E-state index contributed by atoms with van der Waals surface area (Å²) in [5.74, 6) is 0.824. The van der Waals surface area contributed by atoms with E-state index in [1.807, 2.05) is 7.05 Å². The van der Waals surface area contributed by atoms with Gasteiger partial charge in [0.25, 0.3) is 0 Å². The van der Waals surface area contributed by atoms with Crippen molar-refractivity contribution >= 4 is 0 Å². The monoisotopic (exact) mass is 260 g/mol. The van der Waals surface area contributed by atoms with Crippen LogP contribution in [-0.2, 0) is 6.54 Å². The van der Waals surface area contributed by atoms with Gasteiger partial charge in [-0.2, -0.15) is 0 Å². The van der Waals surface area contributed by atoms with E-state index in [4.69, 9.17) is 0 Å². The van der Waals surface area contributed by atoms with Crippen LogP contribution in [0.25, 0.3) is 0 Å². The van der Waals surface area contributed by atoms with Crippen molar-refractivity contribution in [3.05, 3.63) is 35.4 Å². The summed E-state index contributed by atoms with van der Waals surface area (Å²) in [6.07, 6.45) is 7.05. The molecule has 0 aromatic heterocycles. The molecule has 2 rings (SSSR count). The van der Waals surface area contributed by atoms with Gasteiger partial charge in [-0.15, -0.1) is 0 Å². The smallest absolute Gasteiger partial charge is 0.0231 e. The minimum Gasteiger partial charge on any atom is -0.318 e. The highest BCUT2D eigenvalue weighted by molar-refractivity contribution is 5.25. The van der Waals surface area contributed by atoms with Gasteiger partial charge >= 0.3 is 0 Å². The molecule has 0 spiro atoms. The Labute approximate surface area is 118 Å². The molecule has 1 fully saturated rings. The van der Waals surface area contributed by atoms with Crippen molar-refractivity contribution in [2.24, 2.45) is 0 Å². The minimum absolute atomic E-state index is 0.824. The molecule has 1 aliphatic rings. The molecular formula is C17H28N2. The van der Waals surface area contributed by atoms with Crippen molar-refractivity contribution in [2.45, 2.75) is 44.6 Å². The fraction of sp³-hybridized carbons (Fsp3) is 0.647. The average molecular weight is 260 g/mol. The summed E-state index contributed by atoms with van der Waals surface area (Å²) in [5, 5.41) is 3.19. The summed E-state index contributed by atoms with van der Waals surface area (Å²) in [4.78, 5) is 2.37. The second-order valence-electron chi connectivity index (χ2n) is 5.92. The van der Waals surface area contributed by atoms with Crippen molar-refractivity contribution in [1.82, 2.24) is 10.2 Å². The second kappa shape index (κ2) is 7.66. The van der Waals surface area contributed by atoms with Gasteiger partial charge in [-0.25, -0.2) is 0 Å². The third-order valence-corrected chi connectivity index (χ3v) is 4.25. The molecule has 106 valence electrons. The van der Waals surface area contributed by atoms with Gasteiger partial charge in [-0.3, -0.25) is 0 Å². The Balaban J connectivity index is 1.86. The molecular weight excluding hydrogens is 232 g/mol. The van der Waals surface area contributed by atoms with E-state index in [0.717, 1.165) is 25.6 Å². The summed E-state index contributed by atoms with van der Waals surface area (Å²) in [6, 6.07) is 9.36. The van der Waals surface area contributed by atoms with Crippen LogP contribution in [0.2, 0.25) is 0 Å². The van der Waals surface area contributed by atoms with E-state index in [9.17, 15) is 0 Å². The van der Waals surface area contributed by atoms with E-state index in [0.29, 0.717) is 0 Å². The molecule has 2 heteroatoms. The summed E-state index contributed by atoms with van der Waals surface area (Å²) in [6.45, 7) is 3.20. The molecule has 0 atom stereocenters. The van der Waals surface area contributed by atoms with Crippen molar-refractivity contribution in [2.75, 3.05) is 27.2 Å². The van der Waals surface area contributed by atoms with E-state index in [1.165, 1.54) is 37.7 Å². The van der Waals surface area contributed by atoms with E-state index < -0.39 is 0 Å². The van der Waals surface area contributed by atoms with E-state index >= 15 is 0 Å². The van der Waals surface area contributed by atoms with Gasteiger partial charge in [0.05, 0.1) is 0 Å². The van der Waals surface area contributed by atoms with Crippen molar-refractivity contribution in [3.8, 4) is 0 Å². The van der Waals surface area contributed by atoms with Crippen molar-refractivity contribution in [3.63, 3.8) is 0 Å². The average Bonchev–Trinajstić information content (AvgIpc) is 2.47. The Bertz CT molecular complexity index is 352. The summed E-state index contributed by atoms with van der Waals surface area (Å²) >= 11 is 0. The molecule has 1 aliphatic carbocycles. The number of hydrogen-bond donors (Lipinski definition) is 1. The summed E-state index contributed by atoms with van der Waals surface area (Å²) in [7, 11) is 4.19. The molecule has 0 bridgehead atoms. The lowest BCUT2D eigenvalue weighted by Crippen LogP contribution is -2.26. The van der Waals surface area contributed by atoms with Crippen LogP contribution in [0.15, 0.2) is 24.3 Å². The first-order valence-electron chi connectivity index (χ1n) is 7.71. The van der Waals surface area contributed by atoms with Gasteiger partial charge < -0.3 is 10.2 Å². The predicted octanol–water partition coefficient (Wildman–Crippen LogP) is 3.39. The Morgan fingerprint density at radius 3 is 2.42 bits per heavy atom. The van der Waals surface area contributed by atoms with Crippen LogP contribution < -0.4 is 5.32 Å². The Hall–Kier alpha value is -0.860. The number of rotatable bonds is 6. The first-order valence-corrected chi connectivity index (χ1v) is 7.71. The Kier molecular flexibility index (Phi) is 5.87. The summed E-state index contributed by atoms with van der Waals surface area (Å²) < 4.78 is 0. The first kappa shape index (κ1) is 14.5. The van der Waals surface area contributed by atoms with E-state index in [-0.39, 0.29) is 0 Å². The molecule has 0 aliphatic heterocycles. The molecule has 19 heavy (non-hydrogen) atoms. The maximum absolute atomic E-state index is 3.19. The van der Waals surface area contributed by atoms with Crippen molar-refractivity contribution in [1.29, 1.82) is 0 Å². The zero-order valence-electron chi connectivity index (χ0n) is 12.5. The highest BCUT2D eigenvalue weighted by atomic mass is 15.1. The van der Waals surface area contributed by atoms with Gasteiger partial charge in [0.2, 0.25) is 0 Å². The SMILES string of the molecule is CNCCN(C)Cc1ccc(C2CCCCC2)cc1. The number of nitrogens with zero attached hydrogens (tertiary/aromatic N) is 1. The molecule has 1 saturated carbocycles. The molecule has 0 heterocycles. The molecule has 1 aromatic rings. The lowest BCUT2D eigenvalue weighted by Gasteiger charge is -2.22. The van der Waals surface area contributed by atoms with Crippen LogP contribution in [0.4, 0.5) is 0 Å². The van der Waals surface area contributed by atoms with Gasteiger partial charge in [0, 0.05) is 19.6 Å². The minimum atomic E-state index is 0.824. The molecule has 1 aromatic carbocycles. The second-order valence-corrected chi connectivity index (χ2v) is 5.92. The van der Waals surface area contributed by atoms with Crippen LogP contribution >= 0.6 is 0 Å². The molecule has 2 nitrogen and oxygen atoms in total. The van der Waals surface area contributed by atoms with Crippen LogP contribution in [0.1, 0.15) is 49.1 Å². The van der Waals surface area contributed by atoms with E-state index in [2.05, 4.69) is 41.5 Å². The first-order chi connectivity index (χ1) is 9.29. The maximum Gasteiger partial charge on any atom is 0.0231 e. The van der Waals surface area contributed by atoms with Crippen molar-refractivity contribution < 1.29 is 0 Å². The lowest BCUT2D eigenvalue weighted by molar-refractivity contribution is 0.328. The number of likely N-dealkylation sites (N-methyl/N-ethyl adjacent to an activating group) is 2. The highest BCUT2D eigenvalue weighted by Crippen LogP contribution is 2.32. The predicted molar refractivity (Wildman–Crippen MR) is 82.5 cm³/mol.